The molecule has 0 fully saturated rings. The fourth-order valence-corrected chi connectivity index (χ4v) is 2.86. The Morgan fingerprint density at radius 3 is 2.57 bits per heavy atom. The van der Waals surface area contributed by atoms with Gasteiger partial charge in [-0.1, -0.05) is 19.1 Å². The van der Waals surface area contributed by atoms with E-state index in [1.807, 2.05) is 6.20 Å². The lowest BCUT2D eigenvalue weighted by Gasteiger charge is -2.19. The van der Waals surface area contributed by atoms with Crippen molar-refractivity contribution in [3.8, 4) is 0 Å². The van der Waals surface area contributed by atoms with Gasteiger partial charge in [0.05, 0.1) is 11.3 Å². The summed E-state index contributed by atoms with van der Waals surface area (Å²) in [6.07, 6.45) is 0.635. The smallest absolute Gasteiger partial charge is 0.334 e. The number of rotatable bonds is 2. The van der Waals surface area contributed by atoms with Gasteiger partial charge in [-0.15, -0.1) is 0 Å². The first kappa shape index (κ1) is 14.2. The quantitative estimate of drug-likeness (QED) is 0.803. The molecule has 0 N–H and O–H groups in total. The average Bonchev–Trinajstić information content (AvgIpc) is 2.82. The van der Waals surface area contributed by atoms with Crippen LogP contribution in [0.25, 0.3) is 0 Å². The molecule has 1 atom stereocenters. The molecule has 1 aliphatic heterocycles. The number of halogens is 3. The van der Waals surface area contributed by atoms with Gasteiger partial charge in [0.2, 0.25) is 0 Å². The largest absolute Gasteiger partial charge is 0.416 e. The van der Waals surface area contributed by atoms with Crippen molar-refractivity contribution in [2.24, 2.45) is 0 Å². The van der Waals surface area contributed by atoms with Crippen molar-refractivity contribution in [1.29, 1.82) is 0 Å². The van der Waals surface area contributed by atoms with Gasteiger partial charge in [-0.25, -0.2) is 4.98 Å². The molecule has 21 heavy (non-hydrogen) atoms. The number of aromatic nitrogens is 2. The predicted molar refractivity (Wildman–Crippen MR) is 74.1 cm³/mol. The highest BCUT2D eigenvalue weighted by molar-refractivity contribution is 5.28. The van der Waals surface area contributed by atoms with Crippen molar-refractivity contribution in [2.75, 3.05) is 0 Å². The van der Waals surface area contributed by atoms with Crippen molar-refractivity contribution in [2.45, 2.75) is 44.8 Å². The van der Waals surface area contributed by atoms with Crippen molar-refractivity contribution in [1.82, 2.24) is 9.55 Å². The van der Waals surface area contributed by atoms with Crippen LogP contribution in [0.5, 0.6) is 0 Å². The molecule has 0 aliphatic carbocycles. The third-order valence-corrected chi connectivity index (χ3v) is 4.00. The molecule has 2 aromatic rings. The van der Waals surface area contributed by atoms with Gasteiger partial charge in [0.1, 0.15) is 5.82 Å². The molecule has 1 aliphatic rings. The van der Waals surface area contributed by atoms with Crippen molar-refractivity contribution >= 4 is 0 Å². The van der Waals surface area contributed by atoms with Crippen LogP contribution in [-0.4, -0.2) is 9.55 Å². The Morgan fingerprint density at radius 1 is 1.24 bits per heavy atom. The van der Waals surface area contributed by atoms with Crippen LogP contribution in [0.3, 0.4) is 0 Å². The van der Waals surface area contributed by atoms with Gasteiger partial charge >= 0.3 is 6.18 Å². The predicted octanol–water partition coefficient (Wildman–Crippen LogP) is 4.39. The summed E-state index contributed by atoms with van der Waals surface area (Å²) in [5, 5.41) is 0. The van der Waals surface area contributed by atoms with E-state index in [1.54, 1.807) is 0 Å². The summed E-state index contributed by atoms with van der Waals surface area (Å²) >= 11 is 0. The van der Waals surface area contributed by atoms with E-state index in [9.17, 15) is 13.2 Å². The molecule has 0 bridgehead atoms. The number of nitrogens with zero attached hydrogens (tertiary/aromatic N) is 2. The van der Waals surface area contributed by atoms with Gasteiger partial charge in [0.15, 0.2) is 0 Å². The van der Waals surface area contributed by atoms with E-state index in [4.69, 9.17) is 0 Å². The lowest BCUT2D eigenvalue weighted by atomic mass is 10.0. The van der Waals surface area contributed by atoms with Gasteiger partial charge in [-0.3, -0.25) is 0 Å². The monoisotopic (exact) mass is 294 g/mol. The first-order valence-corrected chi connectivity index (χ1v) is 7.15. The number of alkyl halides is 3. The number of aryl methyl sites for hydroxylation is 1. The fourth-order valence-electron chi connectivity index (χ4n) is 2.86. The highest BCUT2D eigenvalue weighted by Crippen LogP contribution is 2.30. The first-order chi connectivity index (χ1) is 9.93. The van der Waals surface area contributed by atoms with Crippen LogP contribution < -0.4 is 0 Å². The molecule has 2 heterocycles. The summed E-state index contributed by atoms with van der Waals surface area (Å²) in [6.45, 7) is 3.15. The van der Waals surface area contributed by atoms with E-state index in [2.05, 4.69) is 16.5 Å². The Hall–Kier alpha value is -1.78. The second kappa shape index (κ2) is 5.20. The molecule has 1 aromatic heterocycles. The molecular formula is C16H17F3N2. The molecule has 5 heteroatoms. The lowest BCUT2D eigenvalue weighted by molar-refractivity contribution is -0.137. The van der Waals surface area contributed by atoms with Gasteiger partial charge in [-0.2, -0.15) is 13.2 Å². The minimum atomic E-state index is -4.28. The molecular weight excluding hydrogens is 277 g/mol. The maximum absolute atomic E-state index is 12.5. The van der Waals surface area contributed by atoms with Crippen LogP contribution in [-0.2, 0) is 19.1 Å². The SMILES string of the molecule is CC1CCCn2cc(Cc3ccc(C(F)(F)F)cc3)nc21. The molecule has 0 saturated heterocycles. The summed E-state index contributed by atoms with van der Waals surface area (Å²) < 4.78 is 39.8. The topological polar surface area (TPSA) is 17.8 Å². The van der Waals surface area contributed by atoms with Crippen molar-refractivity contribution in [3.63, 3.8) is 0 Å². The number of benzene rings is 1. The van der Waals surface area contributed by atoms with Crippen LogP contribution >= 0.6 is 0 Å². The van der Waals surface area contributed by atoms with Crippen LogP contribution in [0.4, 0.5) is 13.2 Å². The van der Waals surface area contributed by atoms with E-state index in [1.165, 1.54) is 12.1 Å². The van der Waals surface area contributed by atoms with E-state index in [0.717, 1.165) is 48.6 Å². The standard InChI is InChI=1S/C16H17F3N2/c1-11-3-2-8-21-10-14(20-15(11)21)9-12-4-6-13(7-5-12)16(17,18)19/h4-7,10-11H,2-3,8-9H2,1H3. The van der Waals surface area contributed by atoms with Crippen LogP contribution in [0.15, 0.2) is 30.5 Å². The lowest BCUT2D eigenvalue weighted by Crippen LogP contribution is -2.12. The molecule has 0 radical (unpaired) electrons. The molecule has 0 spiro atoms. The second-order valence-corrected chi connectivity index (χ2v) is 5.70. The number of fused-ring (bicyclic) bond motifs is 1. The Labute approximate surface area is 121 Å². The molecule has 1 unspecified atom stereocenters. The normalized spacial score (nSPS) is 18.6. The van der Waals surface area contributed by atoms with Gasteiger partial charge in [0.25, 0.3) is 0 Å². The number of hydrogen-bond acceptors (Lipinski definition) is 1. The van der Waals surface area contributed by atoms with Crippen molar-refractivity contribution < 1.29 is 13.2 Å². The summed E-state index contributed by atoms with van der Waals surface area (Å²) in [6, 6.07) is 5.33. The number of imidazole rings is 1. The molecule has 3 rings (SSSR count). The van der Waals surface area contributed by atoms with Crippen LogP contribution in [0.1, 0.15) is 48.3 Å². The minimum Gasteiger partial charge on any atom is -0.334 e. The Morgan fingerprint density at radius 2 is 1.95 bits per heavy atom. The molecule has 112 valence electrons. The Balaban J connectivity index is 1.78. The highest BCUT2D eigenvalue weighted by Gasteiger charge is 2.30. The minimum absolute atomic E-state index is 0.458. The van der Waals surface area contributed by atoms with E-state index in [0.29, 0.717) is 12.3 Å². The summed E-state index contributed by atoms with van der Waals surface area (Å²) in [4.78, 5) is 4.64. The zero-order chi connectivity index (χ0) is 15.0. The van der Waals surface area contributed by atoms with E-state index < -0.39 is 11.7 Å². The second-order valence-electron chi connectivity index (χ2n) is 5.70. The third-order valence-electron chi connectivity index (χ3n) is 4.00. The maximum Gasteiger partial charge on any atom is 0.416 e. The van der Waals surface area contributed by atoms with Gasteiger partial charge < -0.3 is 4.57 Å². The van der Waals surface area contributed by atoms with Crippen molar-refractivity contribution in [3.05, 3.63) is 53.1 Å². The third kappa shape index (κ3) is 2.96. The summed E-state index contributed by atoms with van der Waals surface area (Å²) in [7, 11) is 0. The van der Waals surface area contributed by atoms with E-state index in [-0.39, 0.29) is 0 Å². The molecule has 0 amide bonds. The zero-order valence-electron chi connectivity index (χ0n) is 11.8. The first-order valence-electron chi connectivity index (χ1n) is 7.15. The zero-order valence-corrected chi connectivity index (χ0v) is 11.8. The molecule has 1 aromatic carbocycles. The molecule has 2 nitrogen and oxygen atoms in total. The van der Waals surface area contributed by atoms with Crippen LogP contribution in [0, 0.1) is 0 Å². The van der Waals surface area contributed by atoms with Gasteiger partial charge in [-0.05, 0) is 30.5 Å². The van der Waals surface area contributed by atoms with E-state index >= 15 is 0 Å². The van der Waals surface area contributed by atoms with Gasteiger partial charge in [0, 0.05) is 25.1 Å². The summed E-state index contributed by atoms with van der Waals surface area (Å²) in [5.41, 5.74) is 1.17. The summed E-state index contributed by atoms with van der Waals surface area (Å²) in [5.74, 6) is 1.56. The Bertz CT molecular complexity index is 626. The fraction of sp³-hybridized carbons (Fsp3) is 0.438. The molecule has 0 saturated carbocycles. The highest BCUT2D eigenvalue weighted by atomic mass is 19.4. The number of hydrogen-bond donors (Lipinski definition) is 0. The average molecular weight is 294 g/mol. The Kier molecular flexibility index (Phi) is 3.51. The maximum atomic E-state index is 12.5. The van der Waals surface area contributed by atoms with Crippen LogP contribution in [0.2, 0.25) is 0 Å².